The fraction of sp³-hybridized carbons (Fsp3) is 0.353. The molecule has 4 heteroatoms. The quantitative estimate of drug-likeness (QED) is 0.759. The summed E-state index contributed by atoms with van der Waals surface area (Å²) in [6.45, 7) is 8.29. The first-order chi connectivity index (χ1) is 9.82. The van der Waals surface area contributed by atoms with Gasteiger partial charge in [0.25, 0.3) is 0 Å². The van der Waals surface area contributed by atoms with E-state index in [4.69, 9.17) is 16.6 Å². The SMILES string of the molecule is CC[S+]([O-])c1ccc(Cl)c(-c2cccc(C(C)(C)C)n2)c1. The van der Waals surface area contributed by atoms with Gasteiger partial charge in [0.2, 0.25) is 0 Å². The van der Waals surface area contributed by atoms with Crippen LogP contribution in [0, 0.1) is 0 Å². The molecule has 1 heterocycles. The molecule has 2 nitrogen and oxygen atoms in total. The smallest absolute Gasteiger partial charge is 0.153 e. The third-order valence-corrected chi connectivity index (χ3v) is 4.89. The maximum atomic E-state index is 12.0. The highest BCUT2D eigenvalue weighted by molar-refractivity contribution is 7.91. The number of nitrogens with zero attached hydrogens (tertiary/aromatic N) is 1. The Balaban J connectivity index is 2.51. The molecule has 0 N–H and O–H groups in total. The van der Waals surface area contributed by atoms with E-state index in [0.29, 0.717) is 10.8 Å². The van der Waals surface area contributed by atoms with E-state index in [-0.39, 0.29) is 5.41 Å². The zero-order valence-corrected chi connectivity index (χ0v) is 14.4. The third kappa shape index (κ3) is 3.79. The molecule has 0 radical (unpaired) electrons. The molecule has 0 aliphatic carbocycles. The van der Waals surface area contributed by atoms with Crippen molar-refractivity contribution in [3.05, 3.63) is 47.1 Å². The molecule has 2 aromatic rings. The number of pyridine rings is 1. The van der Waals surface area contributed by atoms with E-state index in [1.54, 1.807) is 6.07 Å². The van der Waals surface area contributed by atoms with E-state index in [2.05, 4.69) is 20.8 Å². The summed E-state index contributed by atoms with van der Waals surface area (Å²) in [4.78, 5) is 5.51. The van der Waals surface area contributed by atoms with Crippen molar-refractivity contribution < 1.29 is 4.55 Å². The van der Waals surface area contributed by atoms with Gasteiger partial charge in [0.05, 0.1) is 10.7 Å². The highest BCUT2D eigenvalue weighted by Gasteiger charge is 2.18. The summed E-state index contributed by atoms with van der Waals surface area (Å²) in [5.41, 5.74) is 2.65. The number of hydrogen-bond donors (Lipinski definition) is 0. The average molecular weight is 322 g/mol. The first kappa shape index (κ1) is 16.3. The molecule has 1 atom stereocenters. The van der Waals surface area contributed by atoms with Crippen LogP contribution in [0.2, 0.25) is 5.02 Å². The monoisotopic (exact) mass is 321 g/mol. The second-order valence-electron chi connectivity index (χ2n) is 5.93. The standard InChI is InChI=1S/C17H20ClNOS/c1-5-21(20)12-9-10-14(18)13(11-12)15-7-6-8-16(19-15)17(2,3)4/h6-11H,5H2,1-4H3. The molecular weight excluding hydrogens is 302 g/mol. The van der Waals surface area contributed by atoms with Crippen molar-refractivity contribution >= 4 is 22.8 Å². The van der Waals surface area contributed by atoms with Crippen LogP contribution in [0.25, 0.3) is 11.3 Å². The normalized spacial score (nSPS) is 13.2. The Bertz CT molecular complexity index is 637. The Morgan fingerprint density at radius 3 is 2.52 bits per heavy atom. The molecule has 0 aliphatic heterocycles. The lowest BCUT2D eigenvalue weighted by atomic mass is 9.91. The van der Waals surface area contributed by atoms with Crippen molar-refractivity contribution in [3.63, 3.8) is 0 Å². The highest BCUT2D eigenvalue weighted by Crippen LogP contribution is 2.31. The Labute approximate surface area is 134 Å². The van der Waals surface area contributed by atoms with Crippen LogP contribution in [-0.2, 0) is 16.6 Å². The number of benzene rings is 1. The molecule has 21 heavy (non-hydrogen) atoms. The summed E-state index contributed by atoms with van der Waals surface area (Å²) in [7, 11) is 0. The van der Waals surface area contributed by atoms with Crippen LogP contribution < -0.4 is 0 Å². The van der Waals surface area contributed by atoms with E-state index < -0.39 is 11.2 Å². The molecule has 1 aromatic heterocycles. The van der Waals surface area contributed by atoms with Gasteiger partial charge in [-0.1, -0.05) is 38.4 Å². The number of rotatable bonds is 3. The molecule has 1 unspecified atom stereocenters. The lowest BCUT2D eigenvalue weighted by molar-refractivity contribution is 0.569. The van der Waals surface area contributed by atoms with Crippen LogP contribution >= 0.6 is 11.6 Å². The van der Waals surface area contributed by atoms with Crippen molar-refractivity contribution in [2.24, 2.45) is 0 Å². The van der Waals surface area contributed by atoms with E-state index >= 15 is 0 Å². The van der Waals surface area contributed by atoms with Crippen molar-refractivity contribution in [1.82, 2.24) is 4.98 Å². The summed E-state index contributed by atoms with van der Waals surface area (Å²) in [5, 5.41) is 0.630. The molecular formula is C17H20ClNOS. The zero-order chi connectivity index (χ0) is 15.6. The fourth-order valence-corrected chi connectivity index (χ4v) is 3.03. The lowest BCUT2D eigenvalue weighted by Crippen LogP contribution is -2.13. The zero-order valence-electron chi connectivity index (χ0n) is 12.8. The Hall–Kier alpha value is -1.03. The van der Waals surface area contributed by atoms with E-state index in [9.17, 15) is 4.55 Å². The van der Waals surface area contributed by atoms with Gasteiger partial charge in [-0.15, -0.1) is 0 Å². The van der Waals surface area contributed by atoms with Gasteiger partial charge < -0.3 is 4.55 Å². The lowest BCUT2D eigenvalue weighted by Gasteiger charge is -2.18. The van der Waals surface area contributed by atoms with Gasteiger partial charge in [0.15, 0.2) is 4.90 Å². The molecule has 0 saturated carbocycles. The summed E-state index contributed by atoms with van der Waals surface area (Å²) >= 11 is 5.31. The third-order valence-electron chi connectivity index (χ3n) is 3.26. The van der Waals surface area contributed by atoms with Crippen molar-refractivity contribution in [2.75, 3.05) is 5.75 Å². The van der Waals surface area contributed by atoms with Gasteiger partial charge >= 0.3 is 0 Å². The molecule has 0 saturated heterocycles. The van der Waals surface area contributed by atoms with Gasteiger partial charge in [0, 0.05) is 22.7 Å². The fourth-order valence-electron chi connectivity index (χ4n) is 2.01. The van der Waals surface area contributed by atoms with E-state index in [1.165, 1.54) is 0 Å². The van der Waals surface area contributed by atoms with Crippen LogP contribution in [0.5, 0.6) is 0 Å². The summed E-state index contributed by atoms with van der Waals surface area (Å²) in [6, 6.07) is 11.4. The minimum Gasteiger partial charge on any atom is -0.611 e. The average Bonchev–Trinajstić information content (AvgIpc) is 2.46. The van der Waals surface area contributed by atoms with Gasteiger partial charge in [-0.2, -0.15) is 0 Å². The highest BCUT2D eigenvalue weighted by atomic mass is 35.5. The molecule has 0 aliphatic rings. The van der Waals surface area contributed by atoms with Crippen LogP contribution in [0.1, 0.15) is 33.4 Å². The Morgan fingerprint density at radius 2 is 1.90 bits per heavy atom. The first-order valence-corrected chi connectivity index (χ1v) is 8.68. The van der Waals surface area contributed by atoms with E-state index in [0.717, 1.165) is 21.8 Å². The van der Waals surface area contributed by atoms with Gasteiger partial charge in [-0.05, 0) is 42.4 Å². The second-order valence-corrected chi connectivity index (χ2v) is 8.08. The van der Waals surface area contributed by atoms with E-state index in [1.807, 2.05) is 37.3 Å². The summed E-state index contributed by atoms with van der Waals surface area (Å²) < 4.78 is 12.0. The minimum atomic E-state index is -0.992. The number of hydrogen-bond acceptors (Lipinski definition) is 2. The van der Waals surface area contributed by atoms with Gasteiger partial charge in [-0.25, -0.2) is 0 Å². The van der Waals surface area contributed by atoms with Crippen molar-refractivity contribution in [1.29, 1.82) is 0 Å². The molecule has 0 amide bonds. The molecule has 0 bridgehead atoms. The predicted molar refractivity (Wildman–Crippen MR) is 90.3 cm³/mol. The Morgan fingerprint density at radius 1 is 1.19 bits per heavy atom. The van der Waals surface area contributed by atoms with Gasteiger partial charge in [-0.3, -0.25) is 4.98 Å². The molecule has 0 spiro atoms. The van der Waals surface area contributed by atoms with Crippen LogP contribution in [-0.4, -0.2) is 15.3 Å². The Kier molecular flexibility index (Phi) is 4.97. The van der Waals surface area contributed by atoms with Gasteiger partial charge in [0.1, 0.15) is 5.75 Å². The summed E-state index contributed by atoms with van der Waals surface area (Å²) in [6.07, 6.45) is 0. The molecule has 2 rings (SSSR count). The van der Waals surface area contributed by atoms with Crippen LogP contribution in [0.15, 0.2) is 41.3 Å². The maximum absolute atomic E-state index is 12.0. The predicted octanol–water partition coefficient (Wildman–Crippen LogP) is 4.83. The van der Waals surface area contributed by atoms with Crippen molar-refractivity contribution in [2.45, 2.75) is 38.0 Å². The minimum absolute atomic E-state index is 0.0215. The van der Waals surface area contributed by atoms with Crippen molar-refractivity contribution in [3.8, 4) is 11.3 Å². The number of halogens is 1. The first-order valence-electron chi connectivity index (χ1n) is 6.98. The number of aromatic nitrogens is 1. The summed E-state index contributed by atoms with van der Waals surface area (Å²) in [5.74, 6) is 0.594. The van der Waals surface area contributed by atoms with Crippen LogP contribution in [0.3, 0.4) is 0 Å². The molecule has 1 aromatic carbocycles. The van der Waals surface area contributed by atoms with Crippen LogP contribution in [0.4, 0.5) is 0 Å². The maximum Gasteiger partial charge on any atom is 0.153 e. The largest absolute Gasteiger partial charge is 0.611 e. The topological polar surface area (TPSA) is 36.0 Å². The second kappa shape index (κ2) is 6.39. The molecule has 0 fully saturated rings. The molecule has 112 valence electrons.